The van der Waals surface area contributed by atoms with E-state index in [0.717, 1.165) is 53.1 Å². The molecule has 3 heterocycles. The minimum absolute atomic E-state index is 0.145. The van der Waals surface area contributed by atoms with E-state index in [-0.39, 0.29) is 11.9 Å². The van der Waals surface area contributed by atoms with Crippen LogP contribution in [0.2, 0.25) is 0 Å². The minimum atomic E-state index is -0.165. The van der Waals surface area contributed by atoms with Gasteiger partial charge < -0.3 is 24.4 Å². The number of nitrogens with one attached hydrogen (secondary N) is 1. The van der Waals surface area contributed by atoms with Crippen LogP contribution >= 0.6 is 0 Å². The van der Waals surface area contributed by atoms with Crippen LogP contribution in [0, 0.1) is 12.8 Å². The van der Waals surface area contributed by atoms with Crippen molar-refractivity contribution in [3.05, 3.63) is 35.2 Å². The summed E-state index contributed by atoms with van der Waals surface area (Å²) < 4.78 is 21.0. The van der Waals surface area contributed by atoms with E-state index in [2.05, 4.69) is 26.6 Å². The second-order valence-electron chi connectivity index (χ2n) is 8.31. The third-order valence-electron chi connectivity index (χ3n) is 6.07. The van der Waals surface area contributed by atoms with Crippen molar-refractivity contribution in [1.82, 2.24) is 20.6 Å². The van der Waals surface area contributed by atoms with E-state index in [9.17, 15) is 4.79 Å². The minimum Gasteiger partial charge on any atom is -0.493 e. The van der Waals surface area contributed by atoms with Gasteiger partial charge in [-0.05, 0) is 38.8 Å². The molecule has 0 spiro atoms. The summed E-state index contributed by atoms with van der Waals surface area (Å²) in [4.78, 5) is 19.6. The number of anilines is 1. The Hall–Kier alpha value is -3.40. The standard InChI is InChI=1S/C24H31N5O5/c1-5-33-24(30)16-7-6-8-29(14-16)23-18(12-25-13-20-15(2)27-34-28-20)9-17-10-21(31-3)22(32-4)11-19(17)26-23/h9-11,16,25H,5-8,12-14H2,1-4H3. The van der Waals surface area contributed by atoms with Crippen molar-refractivity contribution in [2.24, 2.45) is 5.92 Å². The largest absolute Gasteiger partial charge is 0.493 e. The summed E-state index contributed by atoms with van der Waals surface area (Å²) in [7, 11) is 3.23. The number of hydrogen-bond acceptors (Lipinski definition) is 10. The summed E-state index contributed by atoms with van der Waals surface area (Å²) in [6, 6.07) is 5.92. The maximum atomic E-state index is 12.4. The van der Waals surface area contributed by atoms with Gasteiger partial charge >= 0.3 is 5.97 Å². The van der Waals surface area contributed by atoms with Crippen molar-refractivity contribution in [3.8, 4) is 11.5 Å². The number of pyridine rings is 1. The molecule has 1 unspecified atom stereocenters. The van der Waals surface area contributed by atoms with Crippen LogP contribution < -0.4 is 19.7 Å². The number of aryl methyl sites for hydroxylation is 1. The summed E-state index contributed by atoms with van der Waals surface area (Å²) in [5, 5.41) is 12.1. The van der Waals surface area contributed by atoms with E-state index >= 15 is 0 Å². The Labute approximate surface area is 198 Å². The van der Waals surface area contributed by atoms with E-state index in [1.165, 1.54) is 0 Å². The smallest absolute Gasteiger partial charge is 0.310 e. The van der Waals surface area contributed by atoms with E-state index in [1.54, 1.807) is 14.2 Å². The normalized spacial score (nSPS) is 16.0. The molecule has 1 N–H and O–H groups in total. The lowest BCUT2D eigenvalue weighted by Crippen LogP contribution is -2.40. The summed E-state index contributed by atoms with van der Waals surface area (Å²) in [5.74, 6) is 1.80. The van der Waals surface area contributed by atoms with E-state index in [1.807, 2.05) is 26.0 Å². The number of aromatic nitrogens is 3. The van der Waals surface area contributed by atoms with Crippen molar-refractivity contribution >= 4 is 22.7 Å². The highest BCUT2D eigenvalue weighted by molar-refractivity contribution is 5.85. The fourth-order valence-electron chi connectivity index (χ4n) is 4.29. The van der Waals surface area contributed by atoms with Gasteiger partial charge in [-0.3, -0.25) is 4.79 Å². The van der Waals surface area contributed by atoms with E-state index in [4.69, 9.17) is 23.8 Å². The van der Waals surface area contributed by atoms with Gasteiger partial charge in [0.1, 0.15) is 17.2 Å². The molecule has 0 bridgehead atoms. The van der Waals surface area contributed by atoms with Crippen LogP contribution in [0.15, 0.2) is 22.8 Å². The second kappa shape index (κ2) is 10.7. The molecule has 4 rings (SSSR count). The van der Waals surface area contributed by atoms with Crippen LogP contribution in [-0.4, -0.2) is 55.2 Å². The van der Waals surface area contributed by atoms with Crippen LogP contribution in [-0.2, 0) is 22.6 Å². The van der Waals surface area contributed by atoms with Gasteiger partial charge in [0.2, 0.25) is 0 Å². The molecule has 1 aliphatic rings. The molecule has 182 valence electrons. The molecular weight excluding hydrogens is 438 g/mol. The topological polar surface area (TPSA) is 112 Å². The monoisotopic (exact) mass is 469 g/mol. The Morgan fingerprint density at radius 3 is 2.68 bits per heavy atom. The first-order valence-corrected chi connectivity index (χ1v) is 11.5. The van der Waals surface area contributed by atoms with E-state index < -0.39 is 0 Å². The van der Waals surface area contributed by atoms with Crippen molar-refractivity contribution in [2.45, 2.75) is 39.8 Å². The van der Waals surface area contributed by atoms with Crippen molar-refractivity contribution in [3.63, 3.8) is 0 Å². The van der Waals surface area contributed by atoms with Crippen molar-refractivity contribution < 1.29 is 23.6 Å². The molecule has 0 amide bonds. The molecule has 0 saturated carbocycles. The molecule has 1 aromatic carbocycles. The highest BCUT2D eigenvalue weighted by Crippen LogP contribution is 2.35. The van der Waals surface area contributed by atoms with Gasteiger partial charge in [0.05, 0.1) is 32.3 Å². The predicted molar refractivity (Wildman–Crippen MR) is 126 cm³/mol. The van der Waals surface area contributed by atoms with Crippen LogP contribution in [0.4, 0.5) is 5.82 Å². The maximum Gasteiger partial charge on any atom is 0.310 e. The average Bonchev–Trinajstić information content (AvgIpc) is 3.27. The first kappa shape index (κ1) is 23.7. The van der Waals surface area contributed by atoms with Gasteiger partial charge in [-0.15, -0.1) is 0 Å². The highest BCUT2D eigenvalue weighted by atomic mass is 16.6. The lowest BCUT2D eigenvalue weighted by Gasteiger charge is -2.34. The molecular formula is C24H31N5O5. The number of benzene rings is 1. The van der Waals surface area contributed by atoms with Gasteiger partial charge in [0, 0.05) is 43.2 Å². The summed E-state index contributed by atoms with van der Waals surface area (Å²) in [6.45, 7) is 6.55. The Morgan fingerprint density at radius 2 is 1.97 bits per heavy atom. The molecule has 0 radical (unpaired) electrons. The zero-order valence-electron chi connectivity index (χ0n) is 20.1. The fourth-order valence-corrected chi connectivity index (χ4v) is 4.29. The number of methoxy groups -OCH3 is 2. The average molecular weight is 470 g/mol. The Morgan fingerprint density at radius 1 is 1.18 bits per heavy atom. The van der Waals surface area contributed by atoms with Gasteiger partial charge in [-0.2, -0.15) is 0 Å². The number of nitrogens with zero attached hydrogens (tertiary/aromatic N) is 4. The molecule has 0 aliphatic carbocycles. The molecule has 1 atom stereocenters. The maximum absolute atomic E-state index is 12.4. The quantitative estimate of drug-likeness (QED) is 0.469. The van der Waals surface area contributed by atoms with Gasteiger partial charge in [-0.25, -0.2) is 9.61 Å². The number of carbonyl (C=O) groups is 1. The summed E-state index contributed by atoms with van der Waals surface area (Å²) in [5.41, 5.74) is 3.33. The number of piperidine rings is 1. The predicted octanol–water partition coefficient (Wildman–Crippen LogP) is 3.01. The number of carbonyl (C=O) groups excluding carboxylic acids is 1. The van der Waals surface area contributed by atoms with Crippen LogP contribution in [0.3, 0.4) is 0 Å². The Bertz CT molecular complexity index is 1150. The van der Waals surface area contributed by atoms with Gasteiger partial charge in [-0.1, -0.05) is 10.3 Å². The molecule has 34 heavy (non-hydrogen) atoms. The van der Waals surface area contributed by atoms with Crippen molar-refractivity contribution in [1.29, 1.82) is 0 Å². The SMILES string of the molecule is CCOC(=O)C1CCCN(c2nc3cc(OC)c(OC)cc3cc2CNCc2nonc2C)C1. The van der Waals surface area contributed by atoms with Crippen LogP contribution in [0.25, 0.3) is 10.9 Å². The number of rotatable bonds is 9. The number of esters is 1. The first-order chi connectivity index (χ1) is 16.5. The molecule has 3 aromatic rings. The van der Waals surface area contributed by atoms with Gasteiger partial charge in [0.25, 0.3) is 0 Å². The Balaban J connectivity index is 1.67. The number of hydrogen-bond donors (Lipinski definition) is 1. The summed E-state index contributed by atoms with van der Waals surface area (Å²) >= 11 is 0. The molecule has 1 saturated heterocycles. The summed E-state index contributed by atoms with van der Waals surface area (Å²) in [6.07, 6.45) is 1.71. The van der Waals surface area contributed by atoms with Crippen LogP contribution in [0.1, 0.15) is 36.7 Å². The molecule has 1 fully saturated rings. The molecule has 2 aromatic heterocycles. The molecule has 10 heteroatoms. The molecule has 10 nitrogen and oxygen atoms in total. The number of ether oxygens (including phenoxy) is 3. The second-order valence-corrected chi connectivity index (χ2v) is 8.31. The number of fused-ring (bicyclic) bond motifs is 1. The zero-order chi connectivity index (χ0) is 24.1. The third-order valence-corrected chi connectivity index (χ3v) is 6.07. The van der Waals surface area contributed by atoms with Gasteiger partial charge in [0.15, 0.2) is 11.5 Å². The molecule has 1 aliphatic heterocycles. The van der Waals surface area contributed by atoms with Crippen molar-refractivity contribution in [2.75, 3.05) is 38.8 Å². The fraction of sp³-hybridized carbons (Fsp3) is 0.500. The lowest BCUT2D eigenvalue weighted by molar-refractivity contribution is -0.148. The van der Waals surface area contributed by atoms with E-state index in [0.29, 0.717) is 37.7 Å². The third kappa shape index (κ3) is 5.06. The van der Waals surface area contributed by atoms with Crippen LogP contribution in [0.5, 0.6) is 11.5 Å². The first-order valence-electron chi connectivity index (χ1n) is 11.5. The lowest BCUT2D eigenvalue weighted by atomic mass is 9.97. The zero-order valence-corrected chi connectivity index (χ0v) is 20.1. The Kier molecular flexibility index (Phi) is 7.46. The highest BCUT2D eigenvalue weighted by Gasteiger charge is 2.29.